The molecule has 8 heteroatoms. The number of carbonyl (C=O) groups is 1. The lowest BCUT2D eigenvalue weighted by Crippen LogP contribution is -2.30. The van der Waals surface area contributed by atoms with Gasteiger partial charge >= 0.3 is 0 Å². The highest BCUT2D eigenvalue weighted by molar-refractivity contribution is 5.55. The largest absolute Gasteiger partial charge is 0.394 e. The van der Waals surface area contributed by atoms with Crippen LogP contribution >= 0.6 is 0 Å². The second-order valence-electron chi connectivity index (χ2n) is 4.73. The first kappa shape index (κ1) is 21.4. The zero-order chi connectivity index (χ0) is 16.8. The van der Waals surface area contributed by atoms with Crippen LogP contribution in [0.25, 0.3) is 0 Å². The number of aldehydes is 1. The van der Waals surface area contributed by atoms with Crippen LogP contribution in [0.15, 0.2) is 0 Å². The van der Waals surface area contributed by atoms with Crippen molar-refractivity contribution < 1.29 is 39.4 Å². The minimum atomic E-state index is -1.35. The minimum Gasteiger partial charge on any atom is -0.394 e. The molecule has 4 N–H and O–H groups in total. The van der Waals surface area contributed by atoms with Crippen molar-refractivity contribution in [1.29, 1.82) is 0 Å². The van der Waals surface area contributed by atoms with E-state index >= 15 is 0 Å². The Hall–Kier alpha value is -0.610. The Morgan fingerprint density at radius 2 is 2.05 bits per heavy atom. The molecule has 3 atom stereocenters. The standard InChI is InChI=1S/2C7H14O4/c8-4-5-10-7-3-1-2-6(9)11-7;1-2-11-6(5-8)3-4-7(9)10/h6-9H,1-5H2;5-7,9-10H,2-4H2,1H3. The number of rotatable bonds is 9. The summed E-state index contributed by atoms with van der Waals surface area (Å²) in [5.41, 5.74) is 0. The fourth-order valence-corrected chi connectivity index (χ4v) is 1.80. The molecule has 0 aliphatic carbocycles. The maximum absolute atomic E-state index is 10.2. The van der Waals surface area contributed by atoms with Crippen LogP contribution in [0.3, 0.4) is 0 Å². The van der Waals surface area contributed by atoms with Gasteiger partial charge in [0, 0.05) is 13.0 Å². The molecule has 1 heterocycles. The van der Waals surface area contributed by atoms with E-state index in [2.05, 4.69) is 0 Å². The molecule has 1 rings (SSSR count). The molecule has 1 aliphatic heterocycles. The molecule has 0 bridgehead atoms. The first-order valence-corrected chi connectivity index (χ1v) is 7.52. The van der Waals surface area contributed by atoms with Crippen LogP contribution < -0.4 is 0 Å². The smallest absolute Gasteiger partial charge is 0.160 e. The predicted molar refractivity (Wildman–Crippen MR) is 76.7 cm³/mol. The van der Waals surface area contributed by atoms with Gasteiger partial charge in [-0.15, -0.1) is 0 Å². The number of hydrogen-bond donors (Lipinski definition) is 4. The van der Waals surface area contributed by atoms with Gasteiger partial charge in [-0.2, -0.15) is 0 Å². The van der Waals surface area contributed by atoms with Gasteiger partial charge in [0.15, 0.2) is 18.9 Å². The maximum atomic E-state index is 10.2. The summed E-state index contributed by atoms with van der Waals surface area (Å²) in [5.74, 6) is 0. The Morgan fingerprint density at radius 1 is 1.32 bits per heavy atom. The van der Waals surface area contributed by atoms with Crippen molar-refractivity contribution >= 4 is 6.29 Å². The van der Waals surface area contributed by atoms with Gasteiger partial charge in [0.1, 0.15) is 12.4 Å². The molecule has 1 aliphatic rings. The summed E-state index contributed by atoms with van der Waals surface area (Å²) < 4.78 is 15.0. The van der Waals surface area contributed by atoms with Gasteiger partial charge in [0.2, 0.25) is 0 Å². The number of hydrogen-bond acceptors (Lipinski definition) is 8. The van der Waals surface area contributed by atoms with Crippen LogP contribution in [0.2, 0.25) is 0 Å². The Labute approximate surface area is 130 Å². The predicted octanol–water partition coefficient (Wildman–Crippen LogP) is -0.478. The van der Waals surface area contributed by atoms with Crippen LogP contribution in [-0.4, -0.2) is 71.5 Å². The molecule has 0 saturated carbocycles. The van der Waals surface area contributed by atoms with Crippen molar-refractivity contribution in [3.63, 3.8) is 0 Å². The van der Waals surface area contributed by atoms with Gasteiger partial charge < -0.3 is 39.4 Å². The summed E-state index contributed by atoms with van der Waals surface area (Å²) in [4.78, 5) is 10.2. The summed E-state index contributed by atoms with van der Waals surface area (Å²) in [6, 6.07) is 0. The van der Waals surface area contributed by atoms with Gasteiger partial charge in [0.05, 0.1) is 13.2 Å². The quantitative estimate of drug-likeness (QED) is 0.331. The number of aliphatic hydroxyl groups is 4. The first-order chi connectivity index (χ1) is 10.5. The molecule has 0 aromatic carbocycles. The number of carbonyl (C=O) groups excluding carboxylic acids is 1. The Balaban J connectivity index is 0.000000401. The fraction of sp³-hybridized carbons (Fsp3) is 0.929. The van der Waals surface area contributed by atoms with E-state index in [9.17, 15) is 4.79 Å². The lowest BCUT2D eigenvalue weighted by atomic mass is 10.2. The zero-order valence-corrected chi connectivity index (χ0v) is 13.0. The highest BCUT2D eigenvalue weighted by Crippen LogP contribution is 2.17. The topological polar surface area (TPSA) is 126 Å². The van der Waals surface area contributed by atoms with E-state index in [1.54, 1.807) is 6.92 Å². The monoisotopic (exact) mass is 324 g/mol. The molecular weight excluding hydrogens is 296 g/mol. The fourth-order valence-electron chi connectivity index (χ4n) is 1.80. The highest BCUT2D eigenvalue weighted by Gasteiger charge is 2.20. The van der Waals surface area contributed by atoms with Crippen LogP contribution in [-0.2, 0) is 19.0 Å². The number of aliphatic hydroxyl groups excluding tert-OH is 3. The van der Waals surface area contributed by atoms with E-state index in [1.165, 1.54) is 0 Å². The van der Waals surface area contributed by atoms with E-state index in [1.807, 2.05) is 0 Å². The van der Waals surface area contributed by atoms with Crippen molar-refractivity contribution in [3.8, 4) is 0 Å². The second kappa shape index (κ2) is 14.0. The third-order valence-electron chi connectivity index (χ3n) is 2.84. The third kappa shape index (κ3) is 12.0. The lowest BCUT2D eigenvalue weighted by Gasteiger charge is -2.26. The molecule has 1 fully saturated rings. The summed E-state index contributed by atoms with van der Waals surface area (Å²) in [6.07, 6.45) is 0.732. The Kier molecular flexibility index (Phi) is 13.6. The Bertz CT molecular complexity index is 261. The SMILES string of the molecule is CCOC(C=O)CCC(O)O.OCCOC1CCCC(O)O1. The molecule has 3 unspecified atom stereocenters. The molecule has 8 nitrogen and oxygen atoms in total. The summed E-state index contributed by atoms with van der Waals surface area (Å²) in [5, 5.41) is 34.3. The lowest BCUT2D eigenvalue weighted by molar-refractivity contribution is -0.252. The molecule has 0 aromatic rings. The molecule has 132 valence electrons. The number of ether oxygens (including phenoxy) is 3. The van der Waals surface area contributed by atoms with Gasteiger partial charge in [0.25, 0.3) is 0 Å². The van der Waals surface area contributed by atoms with Crippen molar-refractivity contribution in [2.45, 2.75) is 64.0 Å². The molecule has 0 spiro atoms. The second-order valence-corrected chi connectivity index (χ2v) is 4.73. The average Bonchev–Trinajstić information content (AvgIpc) is 2.50. The van der Waals surface area contributed by atoms with E-state index in [-0.39, 0.29) is 25.9 Å². The van der Waals surface area contributed by atoms with E-state index in [4.69, 9.17) is 34.6 Å². The van der Waals surface area contributed by atoms with Crippen molar-refractivity contribution in [2.75, 3.05) is 19.8 Å². The first-order valence-electron chi connectivity index (χ1n) is 7.52. The zero-order valence-electron chi connectivity index (χ0n) is 13.0. The summed E-state index contributed by atoms with van der Waals surface area (Å²) in [6.45, 7) is 2.52. The van der Waals surface area contributed by atoms with E-state index in [0.29, 0.717) is 25.7 Å². The molecule has 1 saturated heterocycles. The maximum Gasteiger partial charge on any atom is 0.160 e. The molecule has 0 radical (unpaired) electrons. The third-order valence-corrected chi connectivity index (χ3v) is 2.84. The van der Waals surface area contributed by atoms with Crippen molar-refractivity contribution in [3.05, 3.63) is 0 Å². The van der Waals surface area contributed by atoms with Crippen LogP contribution in [0.1, 0.15) is 39.0 Å². The molecular formula is C14H28O8. The Morgan fingerprint density at radius 3 is 2.55 bits per heavy atom. The van der Waals surface area contributed by atoms with Crippen LogP contribution in [0.4, 0.5) is 0 Å². The molecule has 0 aromatic heterocycles. The van der Waals surface area contributed by atoms with Gasteiger partial charge in [-0.1, -0.05) is 0 Å². The van der Waals surface area contributed by atoms with Gasteiger partial charge in [-0.25, -0.2) is 0 Å². The van der Waals surface area contributed by atoms with Crippen molar-refractivity contribution in [1.82, 2.24) is 0 Å². The highest BCUT2D eigenvalue weighted by atomic mass is 16.7. The van der Waals surface area contributed by atoms with Crippen LogP contribution in [0.5, 0.6) is 0 Å². The van der Waals surface area contributed by atoms with E-state index < -0.39 is 18.7 Å². The molecule has 0 amide bonds. The van der Waals surface area contributed by atoms with Crippen LogP contribution in [0, 0.1) is 0 Å². The summed E-state index contributed by atoms with van der Waals surface area (Å²) in [7, 11) is 0. The molecule has 22 heavy (non-hydrogen) atoms. The normalized spacial score (nSPS) is 22.8. The minimum absolute atomic E-state index is 0.00401. The van der Waals surface area contributed by atoms with Gasteiger partial charge in [-0.3, -0.25) is 0 Å². The summed E-state index contributed by atoms with van der Waals surface area (Å²) >= 11 is 0. The van der Waals surface area contributed by atoms with E-state index in [0.717, 1.165) is 12.8 Å². The average molecular weight is 324 g/mol. The van der Waals surface area contributed by atoms with Crippen molar-refractivity contribution in [2.24, 2.45) is 0 Å². The van der Waals surface area contributed by atoms with Gasteiger partial charge in [-0.05, 0) is 32.6 Å².